The Hall–Kier alpha value is -3.84. The van der Waals surface area contributed by atoms with Gasteiger partial charge in [-0.25, -0.2) is 4.98 Å². The predicted octanol–water partition coefficient (Wildman–Crippen LogP) is 4.80. The molecule has 1 saturated heterocycles. The van der Waals surface area contributed by atoms with Crippen LogP contribution in [0.15, 0.2) is 73.1 Å². The maximum absolute atomic E-state index is 12.9. The first-order chi connectivity index (χ1) is 17.6. The van der Waals surface area contributed by atoms with E-state index in [0.717, 1.165) is 30.2 Å². The molecule has 0 bridgehead atoms. The fraction of sp³-hybridized carbons (Fsp3) is 0.310. The topological polar surface area (TPSA) is 68.1 Å². The second kappa shape index (κ2) is 10.8. The second-order valence-corrected chi connectivity index (χ2v) is 9.26. The Morgan fingerprint density at radius 3 is 2.42 bits per heavy atom. The van der Waals surface area contributed by atoms with Crippen LogP contribution in [0.25, 0.3) is 5.65 Å². The van der Waals surface area contributed by atoms with Crippen LogP contribution < -0.4 is 14.8 Å². The molecule has 2 aromatic heterocycles. The summed E-state index contributed by atoms with van der Waals surface area (Å²) in [5.74, 6) is 1.45. The standard InChI is InChI=1S/C29H32N4O3/c1-21-5-14-28-31-24(19-33(28)18-21)20-36-26-12-8-23(9-13-26)29(34)30-17-27(32-15-3-4-16-32)22-6-10-25(35-2)11-7-22/h5-14,18-19,27H,3-4,15-17,20H2,1-2H3,(H,30,34). The number of hydrogen-bond acceptors (Lipinski definition) is 5. The summed E-state index contributed by atoms with van der Waals surface area (Å²) >= 11 is 0. The lowest BCUT2D eigenvalue weighted by atomic mass is 10.0. The van der Waals surface area contributed by atoms with Crippen molar-refractivity contribution in [2.75, 3.05) is 26.7 Å². The van der Waals surface area contributed by atoms with Gasteiger partial charge in [-0.05, 0) is 86.4 Å². The van der Waals surface area contributed by atoms with Crippen molar-refractivity contribution in [3.05, 3.63) is 95.4 Å². The average molecular weight is 485 g/mol. The number of aryl methyl sites for hydroxylation is 1. The number of pyridine rings is 1. The average Bonchev–Trinajstić information content (AvgIpc) is 3.58. The van der Waals surface area contributed by atoms with Crippen molar-refractivity contribution >= 4 is 11.6 Å². The molecule has 0 radical (unpaired) electrons. The highest BCUT2D eigenvalue weighted by Gasteiger charge is 2.24. The Kier molecular flexibility index (Phi) is 7.18. The maximum Gasteiger partial charge on any atom is 0.251 e. The van der Waals surface area contributed by atoms with Gasteiger partial charge in [0.1, 0.15) is 23.8 Å². The fourth-order valence-corrected chi connectivity index (χ4v) is 4.71. The van der Waals surface area contributed by atoms with Crippen LogP contribution in [0.5, 0.6) is 11.5 Å². The summed E-state index contributed by atoms with van der Waals surface area (Å²) in [5, 5.41) is 3.13. The lowest BCUT2D eigenvalue weighted by molar-refractivity contribution is 0.0938. The molecule has 1 aliphatic rings. The van der Waals surface area contributed by atoms with Crippen LogP contribution in [0.2, 0.25) is 0 Å². The van der Waals surface area contributed by atoms with Crippen molar-refractivity contribution < 1.29 is 14.3 Å². The van der Waals surface area contributed by atoms with Gasteiger partial charge in [0.25, 0.3) is 5.91 Å². The number of amides is 1. The number of carbonyl (C=O) groups is 1. The Labute approximate surface area is 211 Å². The number of nitrogens with zero attached hydrogens (tertiary/aromatic N) is 3. The van der Waals surface area contributed by atoms with Crippen LogP contribution >= 0.6 is 0 Å². The molecule has 186 valence electrons. The first-order valence-electron chi connectivity index (χ1n) is 12.4. The highest BCUT2D eigenvalue weighted by molar-refractivity contribution is 5.94. The number of ether oxygens (including phenoxy) is 2. The summed E-state index contributed by atoms with van der Waals surface area (Å²) in [4.78, 5) is 19.9. The molecule has 0 saturated carbocycles. The maximum atomic E-state index is 12.9. The molecule has 1 aliphatic heterocycles. The van der Waals surface area contributed by atoms with E-state index in [9.17, 15) is 4.79 Å². The minimum absolute atomic E-state index is 0.0880. The van der Waals surface area contributed by atoms with Gasteiger partial charge in [-0.2, -0.15) is 0 Å². The second-order valence-electron chi connectivity index (χ2n) is 9.26. The van der Waals surface area contributed by atoms with Crippen LogP contribution in [-0.4, -0.2) is 46.9 Å². The zero-order chi connectivity index (χ0) is 24.9. The van der Waals surface area contributed by atoms with E-state index in [1.165, 1.54) is 24.0 Å². The van der Waals surface area contributed by atoms with E-state index in [-0.39, 0.29) is 11.9 Å². The lowest BCUT2D eigenvalue weighted by Gasteiger charge is -2.28. The highest BCUT2D eigenvalue weighted by Crippen LogP contribution is 2.26. The number of imidazole rings is 1. The number of benzene rings is 2. The summed E-state index contributed by atoms with van der Waals surface area (Å²) in [5.41, 5.74) is 4.73. The van der Waals surface area contributed by atoms with Gasteiger partial charge in [-0.15, -0.1) is 0 Å². The van der Waals surface area contributed by atoms with Crippen LogP contribution in [0, 0.1) is 6.92 Å². The minimum Gasteiger partial charge on any atom is -0.497 e. The molecule has 1 unspecified atom stereocenters. The predicted molar refractivity (Wildman–Crippen MR) is 140 cm³/mol. The number of rotatable bonds is 9. The number of likely N-dealkylation sites (tertiary alicyclic amines) is 1. The number of methoxy groups -OCH3 is 1. The lowest BCUT2D eigenvalue weighted by Crippen LogP contribution is -2.36. The van der Waals surface area contributed by atoms with Crippen molar-refractivity contribution in [2.45, 2.75) is 32.4 Å². The Balaban J connectivity index is 1.18. The molecule has 2 aromatic carbocycles. The third-order valence-electron chi connectivity index (χ3n) is 6.69. The molecule has 0 aliphatic carbocycles. The highest BCUT2D eigenvalue weighted by atomic mass is 16.5. The first kappa shape index (κ1) is 23.9. The van der Waals surface area contributed by atoms with E-state index in [4.69, 9.17) is 9.47 Å². The Morgan fingerprint density at radius 2 is 1.69 bits per heavy atom. The van der Waals surface area contributed by atoms with E-state index in [2.05, 4.69) is 34.3 Å². The Morgan fingerprint density at radius 1 is 0.972 bits per heavy atom. The number of nitrogens with one attached hydrogen (secondary N) is 1. The molecule has 4 aromatic rings. The van der Waals surface area contributed by atoms with Crippen molar-refractivity contribution in [1.82, 2.24) is 19.6 Å². The molecule has 1 amide bonds. The molecule has 1 fully saturated rings. The zero-order valence-electron chi connectivity index (χ0n) is 20.8. The van der Waals surface area contributed by atoms with Crippen molar-refractivity contribution in [1.29, 1.82) is 0 Å². The number of carbonyl (C=O) groups excluding carboxylic acids is 1. The van der Waals surface area contributed by atoms with Gasteiger partial charge < -0.3 is 19.2 Å². The molecule has 7 nitrogen and oxygen atoms in total. The molecule has 1 N–H and O–H groups in total. The van der Waals surface area contributed by atoms with Crippen LogP contribution in [0.4, 0.5) is 0 Å². The van der Waals surface area contributed by atoms with Gasteiger partial charge >= 0.3 is 0 Å². The molecule has 5 rings (SSSR count). The normalized spacial score (nSPS) is 14.6. The monoisotopic (exact) mass is 484 g/mol. The number of fused-ring (bicyclic) bond motifs is 1. The summed E-state index contributed by atoms with van der Waals surface area (Å²) in [6.45, 7) is 5.07. The summed E-state index contributed by atoms with van der Waals surface area (Å²) in [7, 11) is 1.67. The smallest absolute Gasteiger partial charge is 0.251 e. The summed E-state index contributed by atoms with van der Waals surface area (Å²) in [6.07, 6.45) is 6.40. The molecule has 0 spiro atoms. The van der Waals surface area contributed by atoms with Crippen LogP contribution in [0.3, 0.4) is 0 Å². The summed E-state index contributed by atoms with van der Waals surface area (Å²) in [6, 6.07) is 19.6. The third-order valence-corrected chi connectivity index (χ3v) is 6.69. The molecule has 7 heteroatoms. The minimum atomic E-state index is -0.0880. The van der Waals surface area contributed by atoms with Crippen molar-refractivity contribution in [3.63, 3.8) is 0 Å². The van der Waals surface area contributed by atoms with E-state index in [1.807, 2.05) is 53.2 Å². The SMILES string of the molecule is COc1ccc(C(CNC(=O)c2ccc(OCc3cn4cc(C)ccc4n3)cc2)N2CCCC2)cc1. The van der Waals surface area contributed by atoms with Gasteiger partial charge in [0, 0.05) is 24.5 Å². The summed E-state index contributed by atoms with van der Waals surface area (Å²) < 4.78 is 13.2. The Bertz CT molecular complexity index is 1310. The molecule has 3 heterocycles. The largest absolute Gasteiger partial charge is 0.497 e. The van der Waals surface area contributed by atoms with E-state index in [0.29, 0.717) is 24.5 Å². The zero-order valence-corrected chi connectivity index (χ0v) is 20.8. The first-order valence-corrected chi connectivity index (χ1v) is 12.4. The van der Waals surface area contributed by atoms with Gasteiger partial charge in [0.15, 0.2) is 0 Å². The van der Waals surface area contributed by atoms with Crippen molar-refractivity contribution in [2.24, 2.45) is 0 Å². The van der Waals surface area contributed by atoms with Gasteiger partial charge in [-0.3, -0.25) is 9.69 Å². The van der Waals surface area contributed by atoms with Crippen LogP contribution in [0.1, 0.15) is 46.1 Å². The number of hydrogen-bond donors (Lipinski definition) is 1. The van der Waals surface area contributed by atoms with E-state index in [1.54, 1.807) is 19.2 Å². The van der Waals surface area contributed by atoms with Gasteiger partial charge in [0.2, 0.25) is 0 Å². The third kappa shape index (κ3) is 5.52. The van der Waals surface area contributed by atoms with Gasteiger partial charge in [-0.1, -0.05) is 18.2 Å². The van der Waals surface area contributed by atoms with Crippen LogP contribution in [-0.2, 0) is 6.61 Å². The fourth-order valence-electron chi connectivity index (χ4n) is 4.71. The molecular weight excluding hydrogens is 452 g/mol. The van der Waals surface area contributed by atoms with Crippen molar-refractivity contribution in [3.8, 4) is 11.5 Å². The molecule has 36 heavy (non-hydrogen) atoms. The molecule has 1 atom stereocenters. The van der Waals surface area contributed by atoms with E-state index < -0.39 is 0 Å². The molecular formula is C29H32N4O3. The quantitative estimate of drug-likeness (QED) is 0.370. The number of aromatic nitrogens is 2. The van der Waals surface area contributed by atoms with Gasteiger partial charge in [0.05, 0.1) is 18.8 Å². The van der Waals surface area contributed by atoms with E-state index >= 15 is 0 Å².